The van der Waals surface area contributed by atoms with Gasteiger partial charge in [-0.3, -0.25) is 24.5 Å². The van der Waals surface area contributed by atoms with Crippen molar-refractivity contribution >= 4 is 29.5 Å². The first-order valence-corrected chi connectivity index (χ1v) is 7.86. The second-order valence-corrected chi connectivity index (χ2v) is 5.32. The SMILES string of the molecule is COC(=O)CCN(CCNC(C)=O)C(=O)/C=C/c1ccc([N+](=O)[O-])cc1. The first-order chi connectivity index (χ1) is 12.3. The van der Waals surface area contributed by atoms with Crippen LogP contribution in [0.1, 0.15) is 18.9 Å². The van der Waals surface area contributed by atoms with Crippen molar-refractivity contribution < 1.29 is 24.0 Å². The third kappa shape index (κ3) is 7.56. The Balaban J connectivity index is 2.73. The molecule has 140 valence electrons. The number of amides is 2. The van der Waals surface area contributed by atoms with Crippen LogP contribution in [0.15, 0.2) is 30.3 Å². The van der Waals surface area contributed by atoms with Gasteiger partial charge in [0, 0.05) is 44.8 Å². The summed E-state index contributed by atoms with van der Waals surface area (Å²) in [5, 5.41) is 13.2. The van der Waals surface area contributed by atoms with E-state index in [1.54, 1.807) is 0 Å². The maximum absolute atomic E-state index is 12.3. The molecule has 0 bridgehead atoms. The number of non-ortho nitro benzene ring substituents is 1. The minimum Gasteiger partial charge on any atom is -0.469 e. The number of ether oxygens (including phenoxy) is 1. The average molecular weight is 363 g/mol. The minimum absolute atomic E-state index is 0.0354. The van der Waals surface area contributed by atoms with Crippen LogP contribution < -0.4 is 5.32 Å². The van der Waals surface area contributed by atoms with Crippen LogP contribution in [0.2, 0.25) is 0 Å². The number of hydrogen-bond donors (Lipinski definition) is 1. The number of rotatable bonds is 9. The molecule has 0 saturated carbocycles. The van der Waals surface area contributed by atoms with Gasteiger partial charge in [-0.05, 0) is 23.8 Å². The summed E-state index contributed by atoms with van der Waals surface area (Å²) in [5.41, 5.74) is 0.585. The van der Waals surface area contributed by atoms with Crippen LogP contribution in [0, 0.1) is 10.1 Å². The van der Waals surface area contributed by atoms with Gasteiger partial charge in [-0.2, -0.15) is 0 Å². The van der Waals surface area contributed by atoms with Crippen LogP contribution in [-0.4, -0.2) is 54.4 Å². The summed E-state index contributed by atoms with van der Waals surface area (Å²) in [4.78, 5) is 46.1. The van der Waals surface area contributed by atoms with Crippen molar-refractivity contribution in [2.45, 2.75) is 13.3 Å². The van der Waals surface area contributed by atoms with E-state index in [0.717, 1.165) is 0 Å². The Bertz CT molecular complexity index is 684. The van der Waals surface area contributed by atoms with Crippen molar-refractivity contribution in [3.63, 3.8) is 0 Å². The van der Waals surface area contributed by atoms with E-state index in [0.29, 0.717) is 5.56 Å². The summed E-state index contributed by atoms with van der Waals surface area (Å²) < 4.78 is 4.56. The molecule has 1 N–H and O–H groups in total. The molecule has 9 nitrogen and oxygen atoms in total. The molecule has 0 unspecified atom stereocenters. The maximum Gasteiger partial charge on any atom is 0.307 e. The van der Waals surface area contributed by atoms with Crippen molar-refractivity contribution in [3.05, 3.63) is 46.0 Å². The number of nitro groups is 1. The van der Waals surface area contributed by atoms with Crippen LogP contribution in [-0.2, 0) is 19.1 Å². The van der Waals surface area contributed by atoms with E-state index in [1.807, 2.05) is 0 Å². The molecular formula is C17H21N3O6. The molecule has 0 spiro atoms. The van der Waals surface area contributed by atoms with Crippen molar-refractivity contribution in [3.8, 4) is 0 Å². The van der Waals surface area contributed by atoms with Crippen LogP contribution in [0.3, 0.4) is 0 Å². The molecule has 0 aromatic heterocycles. The lowest BCUT2D eigenvalue weighted by Crippen LogP contribution is -2.38. The summed E-state index contributed by atoms with van der Waals surface area (Å²) in [5.74, 6) is -1.01. The molecule has 0 aliphatic carbocycles. The number of benzene rings is 1. The molecule has 2 amide bonds. The van der Waals surface area contributed by atoms with Gasteiger partial charge in [0.2, 0.25) is 11.8 Å². The first kappa shape index (κ1) is 20.8. The highest BCUT2D eigenvalue weighted by Crippen LogP contribution is 2.13. The molecular weight excluding hydrogens is 342 g/mol. The van der Waals surface area contributed by atoms with E-state index in [9.17, 15) is 24.5 Å². The molecule has 26 heavy (non-hydrogen) atoms. The van der Waals surface area contributed by atoms with Gasteiger partial charge < -0.3 is 15.0 Å². The molecule has 9 heteroatoms. The van der Waals surface area contributed by atoms with Crippen LogP contribution in [0.4, 0.5) is 5.69 Å². The number of hydrogen-bond acceptors (Lipinski definition) is 6. The van der Waals surface area contributed by atoms with E-state index in [1.165, 1.54) is 55.4 Å². The summed E-state index contributed by atoms with van der Waals surface area (Å²) in [6.07, 6.45) is 2.87. The summed E-state index contributed by atoms with van der Waals surface area (Å²) >= 11 is 0. The highest BCUT2D eigenvalue weighted by molar-refractivity contribution is 5.92. The molecule has 1 aromatic carbocycles. The highest BCUT2D eigenvalue weighted by Gasteiger charge is 2.13. The summed E-state index contributed by atoms with van der Waals surface area (Å²) in [7, 11) is 1.26. The monoisotopic (exact) mass is 363 g/mol. The molecule has 0 aliphatic rings. The van der Waals surface area contributed by atoms with E-state index in [4.69, 9.17) is 0 Å². The number of nitro benzene ring substituents is 1. The Morgan fingerprint density at radius 2 is 1.88 bits per heavy atom. The number of carbonyl (C=O) groups is 3. The zero-order chi connectivity index (χ0) is 19.5. The van der Waals surface area contributed by atoms with Gasteiger partial charge in [0.1, 0.15) is 0 Å². The lowest BCUT2D eigenvalue weighted by molar-refractivity contribution is -0.384. The van der Waals surface area contributed by atoms with Gasteiger partial charge in [-0.1, -0.05) is 0 Å². The van der Waals surface area contributed by atoms with Crippen LogP contribution >= 0.6 is 0 Å². The molecule has 1 rings (SSSR count). The first-order valence-electron chi connectivity index (χ1n) is 7.86. The number of nitrogens with one attached hydrogen (secondary N) is 1. The Morgan fingerprint density at radius 3 is 2.42 bits per heavy atom. The predicted molar refractivity (Wildman–Crippen MR) is 94.0 cm³/mol. The van der Waals surface area contributed by atoms with Crippen molar-refractivity contribution in [2.24, 2.45) is 0 Å². The lowest BCUT2D eigenvalue weighted by atomic mass is 10.2. The van der Waals surface area contributed by atoms with Gasteiger partial charge in [-0.15, -0.1) is 0 Å². The van der Waals surface area contributed by atoms with Crippen LogP contribution in [0.25, 0.3) is 6.08 Å². The third-order valence-electron chi connectivity index (χ3n) is 3.40. The van der Waals surface area contributed by atoms with E-state index in [-0.39, 0.29) is 43.6 Å². The quantitative estimate of drug-likeness (QED) is 0.304. The lowest BCUT2D eigenvalue weighted by Gasteiger charge is -2.20. The molecule has 0 radical (unpaired) electrons. The van der Waals surface area contributed by atoms with Gasteiger partial charge in [0.25, 0.3) is 5.69 Å². The third-order valence-corrected chi connectivity index (χ3v) is 3.40. The fourth-order valence-electron chi connectivity index (χ4n) is 2.01. The fourth-order valence-corrected chi connectivity index (χ4v) is 2.01. The van der Waals surface area contributed by atoms with Gasteiger partial charge in [-0.25, -0.2) is 0 Å². The molecule has 0 atom stereocenters. The molecule has 0 saturated heterocycles. The Kier molecular flexibility index (Phi) is 8.48. The second-order valence-electron chi connectivity index (χ2n) is 5.32. The molecule has 1 aromatic rings. The van der Waals surface area contributed by atoms with Gasteiger partial charge in [0.15, 0.2) is 0 Å². The maximum atomic E-state index is 12.3. The number of carbonyl (C=O) groups excluding carboxylic acids is 3. The molecule has 0 fully saturated rings. The Hall–Kier alpha value is -3.23. The average Bonchev–Trinajstić information content (AvgIpc) is 2.62. The Morgan fingerprint density at radius 1 is 1.23 bits per heavy atom. The highest BCUT2D eigenvalue weighted by atomic mass is 16.6. The summed E-state index contributed by atoms with van der Waals surface area (Å²) in [6, 6.07) is 5.74. The van der Waals surface area contributed by atoms with Crippen molar-refractivity contribution in [1.82, 2.24) is 10.2 Å². The fraction of sp³-hybridized carbons (Fsp3) is 0.353. The van der Waals surface area contributed by atoms with E-state index in [2.05, 4.69) is 10.1 Å². The predicted octanol–water partition coefficient (Wildman–Crippen LogP) is 1.14. The van der Waals surface area contributed by atoms with Gasteiger partial charge >= 0.3 is 5.97 Å². The second kappa shape index (κ2) is 10.6. The number of esters is 1. The largest absolute Gasteiger partial charge is 0.469 e. The van der Waals surface area contributed by atoms with Gasteiger partial charge in [0.05, 0.1) is 18.5 Å². The molecule has 0 aliphatic heterocycles. The minimum atomic E-state index is -0.505. The standard InChI is InChI=1S/C17H21N3O6/c1-13(21)18-10-12-19(11-9-17(23)26-2)16(22)8-5-14-3-6-15(7-4-14)20(24)25/h3-8H,9-12H2,1-2H3,(H,18,21)/b8-5+. The summed E-state index contributed by atoms with van der Waals surface area (Å²) in [6.45, 7) is 2.01. The van der Waals surface area contributed by atoms with Crippen molar-refractivity contribution in [1.29, 1.82) is 0 Å². The van der Waals surface area contributed by atoms with E-state index >= 15 is 0 Å². The van der Waals surface area contributed by atoms with E-state index < -0.39 is 10.9 Å². The topological polar surface area (TPSA) is 119 Å². The Labute approximate surface area is 150 Å². The zero-order valence-electron chi connectivity index (χ0n) is 14.6. The zero-order valence-corrected chi connectivity index (χ0v) is 14.6. The number of nitrogens with zero attached hydrogens (tertiary/aromatic N) is 2. The molecule has 0 heterocycles. The normalized spacial score (nSPS) is 10.4. The van der Waals surface area contributed by atoms with Crippen LogP contribution in [0.5, 0.6) is 0 Å². The van der Waals surface area contributed by atoms with Crippen molar-refractivity contribution in [2.75, 3.05) is 26.7 Å². The number of methoxy groups -OCH3 is 1. The smallest absolute Gasteiger partial charge is 0.307 e.